The summed E-state index contributed by atoms with van der Waals surface area (Å²) in [5.74, 6) is -8.91. The lowest BCUT2D eigenvalue weighted by molar-refractivity contribution is -0.280. The van der Waals surface area contributed by atoms with Gasteiger partial charge in [-0.3, -0.25) is 4.79 Å². The van der Waals surface area contributed by atoms with Crippen molar-refractivity contribution >= 4 is 22.8 Å². The Bertz CT molecular complexity index is 894. The average molecular weight is 476 g/mol. The van der Waals surface area contributed by atoms with Crippen molar-refractivity contribution in [3.05, 3.63) is 46.1 Å². The Morgan fingerprint density at radius 1 is 0.933 bits per heavy atom. The number of nitrogens with one attached hydrogen (secondary N) is 1. The zero-order chi connectivity index (χ0) is 23.3. The number of alkyl halides is 9. The Morgan fingerprint density at radius 2 is 1.40 bits per heavy atom. The second kappa shape index (κ2) is 7.39. The lowest BCUT2D eigenvalue weighted by atomic mass is 9.97. The minimum Gasteiger partial charge on any atom is -0.301 e. The van der Waals surface area contributed by atoms with Gasteiger partial charge >= 0.3 is 18.5 Å². The van der Waals surface area contributed by atoms with E-state index in [0.717, 1.165) is 11.4 Å². The standard InChI is InChI=1S/C14H4F12N2OS/c15-4-2-1-3-5(16)6(4)9(29)27-10-28-11(13(21,22)23,14(24,25)26)8(30-10)7(17)12(18,19)20/h1-3H,(H,27,28,29)/b8-7+. The van der Waals surface area contributed by atoms with Crippen LogP contribution in [-0.4, -0.2) is 35.1 Å². The van der Waals surface area contributed by atoms with E-state index in [1.54, 1.807) is 0 Å². The highest BCUT2D eigenvalue weighted by atomic mass is 32.2. The van der Waals surface area contributed by atoms with Gasteiger partial charge in [-0.15, -0.1) is 0 Å². The van der Waals surface area contributed by atoms with E-state index in [4.69, 9.17) is 0 Å². The predicted octanol–water partition coefficient (Wildman–Crippen LogP) is 5.40. The highest BCUT2D eigenvalue weighted by molar-refractivity contribution is 8.17. The molecule has 0 saturated carbocycles. The molecule has 0 bridgehead atoms. The highest BCUT2D eigenvalue weighted by Crippen LogP contribution is 2.59. The summed E-state index contributed by atoms with van der Waals surface area (Å²) in [7, 11) is 0. The van der Waals surface area contributed by atoms with Crippen LogP contribution in [0, 0.1) is 11.6 Å². The van der Waals surface area contributed by atoms with Gasteiger partial charge in [-0.1, -0.05) is 17.8 Å². The van der Waals surface area contributed by atoms with Crippen LogP contribution in [-0.2, 0) is 0 Å². The van der Waals surface area contributed by atoms with Crippen LogP contribution < -0.4 is 5.32 Å². The summed E-state index contributed by atoms with van der Waals surface area (Å²) in [5.41, 5.74) is -7.18. The monoisotopic (exact) mass is 476 g/mol. The van der Waals surface area contributed by atoms with Crippen molar-refractivity contribution in [2.45, 2.75) is 24.1 Å². The van der Waals surface area contributed by atoms with Gasteiger partial charge in [-0.2, -0.15) is 39.5 Å². The van der Waals surface area contributed by atoms with Crippen LogP contribution in [0.2, 0.25) is 0 Å². The number of halogens is 12. The first-order chi connectivity index (χ1) is 13.4. The number of amidine groups is 1. The molecule has 1 aromatic carbocycles. The SMILES string of the molecule is O=C(NC1=NC(C(F)(F)F)(C(F)(F)F)/C(=C(\F)C(F)(F)F)S1)c1c(F)cccc1F. The fourth-order valence-electron chi connectivity index (χ4n) is 2.20. The van der Waals surface area contributed by atoms with Gasteiger partial charge in [-0.25, -0.2) is 18.2 Å². The fourth-order valence-corrected chi connectivity index (χ4v) is 3.35. The van der Waals surface area contributed by atoms with Crippen LogP contribution in [0.1, 0.15) is 10.4 Å². The van der Waals surface area contributed by atoms with Gasteiger partial charge in [0.2, 0.25) is 5.83 Å². The maximum Gasteiger partial charge on any atom is 0.443 e. The van der Waals surface area contributed by atoms with Gasteiger partial charge in [-0.05, 0) is 12.1 Å². The molecular weight excluding hydrogens is 472 g/mol. The molecule has 0 spiro atoms. The molecule has 0 radical (unpaired) electrons. The Hall–Kier alpha value is -2.39. The molecule has 3 nitrogen and oxygen atoms in total. The van der Waals surface area contributed by atoms with E-state index in [1.807, 2.05) is 0 Å². The van der Waals surface area contributed by atoms with E-state index >= 15 is 0 Å². The molecule has 1 aromatic rings. The third kappa shape index (κ3) is 3.96. The summed E-state index contributed by atoms with van der Waals surface area (Å²) in [5, 5.41) is -0.675. The average Bonchev–Trinajstić information content (AvgIpc) is 2.93. The molecule has 1 heterocycles. The summed E-state index contributed by atoms with van der Waals surface area (Å²) in [6, 6.07) is 1.78. The number of hydrogen-bond donors (Lipinski definition) is 1. The number of amides is 1. The molecule has 2 rings (SSSR count). The van der Waals surface area contributed by atoms with Crippen molar-refractivity contribution in [3.8, 4) is 0 Å². The van der Waals surface area contributed by atoms with E-state index in [0.29, 0.717) is 12.1 Å². The number of carbonyl (C=O) groups excluding carboxylic acids is 1. The third-order valence-electron chi connectivity index (χ3n) is 3.48. The number of thioether (sulfide) groups is 1. The van der Waals surface area contributed by atoms with Crippen molar-refractivity contribution < 1.29 is 57.5 Å². The Kier molecular flexibility index (Phi) is 5.88. The van der Waals surface area contributed by atoms with Crippen molar-refractivity contribution in [2.75, 3.05) is 0 Å². The molecule has 0 atom stereocenters. The first kappa shape index (κ1) is 23.9. The topological polar surface area (TPSA) is 41.5 Å². The molecule has 30 heavy (non-hydrogen) atoms. The number of aliphatic imine (C=N–C) groups is 1. The Labute approximate surface area is 161 Å². The lowest BCUT2D eigenvalue weighted by Crippen LogP contribution is -2.55. The van der Waals surface area contributed by atoms with Crippen LogP contribution in [0.3, 0.4) is 0 Å². The molecule has 0 aromatic heterocycles. The first-order valence-corrected chi connectivity index (χ1v) is 7.89. The van der Waals surface area contributed by atoms with Crippen molar-refractivity contribution in [3.63, 3.8) is 0 Å². The van der Waals surface area contributed by atoms with Crippen LogP contribution in [0.25, 0.3) is 0 Å². The maximum absolute atomic E-state index is 13.6. The van der Waals surface area contributed by atoms with Crippen LogP contribution in [0.5, 0.6) is 0 Å². The van der Waals surface area contributed by atoms with E-state index in [1.165, 1.54) is 0 Å². The maximum atomic E-state index is 13.6. The van der Waals surface area contributed by atoms with Gasteiger partial charge in [0, 0.05) is 0 Å². The van der Waals surface area contributed by atoms with E-state index in [2.05, 4.69) is 4.99 Å². The molecular formula is C14H4F12N2OS. The molecule has 1 aliphatic heterocycles. The Balaban J connectivity index is 2.65. The normalized spacial score (nSPS) is 18.9. The molecule has 16 heteroatoms. The molecule has 166 valence electrons. The summed E-state index contributed by atoms with van der Waals surface area (Å²) in [4.78, 5) is 10.9. The zero-order valence-electron chi connectivity index (χ0n) is 13.5. The number of hydrogen-bond acceptors (Lipinski definition) is 3. The second-order valence-corrected chi connectivity index (χ2v) is 6.42. The largest absolute Gasteiger partial charge is 0.443 e. The number of rotatable bonds is 1. The molecule has 1 N–H and O–H groups in total. The molecule has 0 fully saturated rings. The number of nitrogens with zero attached hydrogens (tertiary/aromatic N) is 1. The molecule has 0 unspecified atom stereocenters. The van der Waals surface area contributed by atoms with E-state index in [9.17, 15) is 57.5 Å². The van der Waals surface area contributed by atoms with Gasteiger partial charge in [0.25, 0.3) is 11.4 Å². The van der Waals surface area contributed by atoms with Gasteiger partial charge in [0.15, 0.2) is 5.17 Å². The fraction of sp³-hybridized carbons (Fsp3) is 0.286. The van der Waals surface area contributed by atoms with E-state index < -0.39 is 74.8 Å². The third-order valence-corrected chi connectivity index (χ3v) is 4.54. The minimum atomic E-state index is -6.63. The Morgan fingerprint density at radius 3 is 1.80 bits per heavy atom. The number of allylic oxidation sites excluding steroid dienone is 1. The van der Waals surface area contributed by atoms with Crippen LogP contribution >= 0.6 is 11.8 Å². The highest BCUT2D eigenvalue weighted by Gasteiger charge is 2.77. The van der Waals surface area contributed by atoms with Gasteiger partial charge in [0.05, 0.1) is 4.91 Å². The summed E-state index contributed by atoms with van der Waals surface area (Å²) < 4.78 is 158. The van der Waals surface area contributed by atoms with Crippen LogP contribution in [0.4, 0.5) is 52.7 Å². The summed E-state index contributed by atoms with van der Waals surface area (Å²) >= 11 is -1.14. The quantitative estimate of drug-likeness (QED) is 0.552. The zero-order valence-corrected chi connectivity index (χ0v) is 14.3. The summed E-state index contributed by atoms with van der Waals surface area (Å²) in [6.07, 6.45) is -19.5. The number of benzene rings is 1. The first-order valence-electron chi connectivity index (χ1n) is 7.07. The van der Waals surface area contributed by atoms with Crippen molar-refractivity contribution in [1.82, 2.24) is 5.32 Å². The molecule has 0 saturated heterocycles. The van der Waals surface area contributed by atoms with Crippen LogP contribution in [0.15, 0.2) is 33.9 Å². The predicted molar refractivity (Wildman–Crippen MR) is 77.9 cm³/mol. The van der Waals surface area contributed by atoms with Gasteiger partial charge < -0.3 is 5.32 Å². The smallest absolute Gasteiger partial charge is 0.301 e. The lowest BCUT2D eigenvalue weighted by Gasteiger charge is -2.31. The molecule has 0 aliphatic carbocycles. The summed E-state index contributed by atoms with van der Waals surface area (Å²) in [6.45, 7) is 0. The second-order valence-electron chi connectivity index (χ2n) is 5.42. The number of carbonyl (C=O) groups is 1. The minimum absolute atomic E-state index is 0.506. The van der Waals surface area contributed by atoms with Crippen molar-refractivity contribution in [1.29, 1.82) is 0 Å². The van der Waals surface area contributed by atoms with E-state index in [-0.39, 0.29) is 0 Å². The van der Waals surface area contributed by atoms with Gasteiger partial charge in [0.1, 0.15) is 17.2 Å². The molecule has 1 amide bonds. The van der Waals surface area contributed by atoms with Crippen molar-refractivity contribution in [2.24, 2.45) is 4.99 Å². The molecule has 1 aliphatic rings.